The quantitative estimate of drug-likeness (QED) is 0.347. The largest absolute Gasteiger partial charge is 0.475 e. The van der Waals surface area contributed by atoms with Crippen molar-refractivity contribution in [1.82, 2.24) is 15.1 Å². The van der Waals surface area contributed by atoms with Crippen LogP contribution in [0.5, 0.6) is 0 Å². The molecular formula is C30H45BN4O6. The summed E-state index contributed by atoms with van der Waals surface area (Å²) >= 11 is 0. The lowest BCUT2D eigenvalue weighted by atomic mass is 9.76. The maximum absolute atomic E-state index is 14.0. The molecular weight excluding hydrogens is 523 g/mol. The van der Waals surface area contributed by atoms with Crippen LogP contribution in [0.25, 0.3) is 0 Å². The average Bonchev–Trinajstić information content (AvgIpc) is 3.48. The van der Waals surface area contributed by atoms with Crippen molar-refractivity contribution in [2.75, 3.05) is 26.3 Å². The van der Waals surface area contributed by atoms with Crippen LogP contribution in [0.4, 0.5) is 4.79 Å². The summed E-state index contributed by atoms with van der Waals surface area (Å²) in [6, 6.07) is 11.6. The van der Waals surface area contributed by atoms with Crippen LogP contribution < -0.4 is 5.32 Å². The second-order valence-electron chi connectivity index (χ2n) is 12.8. The van der Waals surface area contributed by atoms with E-state index in [0.29, 0.717) is 25.9 Å². The van der Waals surface area contributed by atoms with Crippen LogP contribution in [0.15, 0.2) is 30.3 Å². The zero-order valence-corrected chi connectivity index (χ0v) is 24.8. The minimum Gasteiger partial charge on any atom is -0.447 e. The summed E-state index contributed by atoms with van der Waals surface area (Å²) in [7, 11) is -1.76. The van der Waals surface area contributed by atoms with Gasteiger partial charge in [0.15, 0.2) is 0 Å². The first-order valence-electron chi connectivity index (χ1n) is 14.9. The molecule has 3 aliphatic heterocycles. The van der Waals surface area contributed by atoms with Gasteiger partial charge < -0.3 is 29.7 Å². The fourth-order valence-corrected chi connectivity index (χ4v) is 7.12. The van der Waals surface area contributed by atoms with Gasteiger partial charge in [-0.1, -0.05) is 37.3 Å². The van der Waals surface area contributed by atoms with Crippen molar-refractivity contribution in [3.05, 3.63) is 35.9 Å². The van der Waals surface area contributed by atoms with Gasteiger partial charge in [0.1, 0.15) is 12.5 Å². The Balaban J connectivity index is 1.38. The first kappa shape index (κ1) is 31.3. The van der Waals surface area contributed by atoms with Gasteiger partial charge in [-0.2, -0.15) is 5.26 Å². The van der Waals surface area contributed by atoms with E-state index in [4.69, 9.17) is 9.47 Å². The van der Waals surface area contributed by atoms with Crippen LogP contribution >= 0.6 is 0 Å². The third-order valence-electron chi connectivity index (χ3n) is 9.33. The molecule has 41 heavy (non-hydrogen) atoms. The Kier molecular flexibility index (Phi) is 10.0. The molecule has 11 heteroatoms. The number of carbonyl (C=O) groups excluding carboxylic acids is 2. The Morgan fingerprint density at radius 1 is 1.27 bits per heavy atom. The molecule has 3 saturated heterocycles. The van der Waals surface area contributed by atoms with Gasteiger partial charge in [-0.05, 0) is 70.8 Å². The molecule has 3 heterocycles. The van der Waals surface area contributed by atoms with Gasteiger partial charge in [0.25, 0.3) is 0 Å². The molecule has 1 aromatic rings. The Bertz CT molecular complexity index is 1090. The summed E-state index contributed by atoms with van der Waals surface area (Å²) in [5.41, 5.74) is 0.0118. The fraction of sp³-hybridized carbons (Fsp3) is 0.700. The van der Waals surface area contributed by atoms with Crippen molar-refractivity contribution in [3.63, 3.8) is 0 Å². The molecule has 0 aromatic heterocycles. The topological polar surface area (TPSA) is 135 Å². The molecule has 0 saturated carbocycles. The lowest BCUT2D eigenvalue weighted by Gasteiger charge is -2.44. The van der Waals surface area contributed by atoms with Crippen molar-refractivity contribution in [1.29, 1.82) is 5.26 Å². The second-order valence-corrected chi connectivity index (χ2v) is 12.8. The maximum Gasteiger partial charge on any atom is 0.475 e. The van der Waals surface area contributed by atoms with Crippen molar-refractivity contribution >= 4 is 19.1 Å². The predicted molar refractivity (Wildman–Crippen MR) is 154 cm³/mol. The van der Waals surface area contributed by atoms with Crippen molar-refractivity contribution in [2.24, 2.45) is 11.8 Å². The molecule has 4 rings (SSSR count). The molecule has 3 N–H and O–H groups in total. The Morgan fingerprint density at radius 3 is 2.56 bits per heavy atom. The molecule has 10 nitrogen and oxygen atoms in total. The van der Waals surface area contributed by atoms with Crippen molar-refractivity contribution < 1.29 is 29.1 Å². The third-order valence-corrected chi connectivity index (χ3v) is 9.33. The molecule has 3 fully saturated rings. The Hall–Kier alpha value is -2.65. The number of hydrogen-bond donors (Lipinski definition) is 3. The molecule has 0 spiro atoms. The van der Waals surface area contributed by atoms with E-state index in [1.54, 1.807) is 0 Å². The maximum atomic E-state index is 14.0. The number of fused-ring (bicyclic) bond motifs is 2. The van der Waals surface area contributed by atoms with Crippen LogP contribution in [-0.2, 0) is 20.7 Å². The molecule has 0 radical (unpaired) electrons. The minimum absolute atomic E-state index is 0.00431. The number of alkyl carbamates (subject to hydrolysis) is 1. The van der Waals surface area contributed by atoms with Crippen molar-refractivity contribution in [2.45, 2.75) is 95.4 Å². The standard InChI is InChI=1S/C30H45BN4O6/c1-21(17-29(3,4)34-14-15-40-22(2)19-34)25(18-32)27(36)35-24-10-12-30(35,13-11-24)20-41-28(37)33-26(31(38)39)16-23-8-6-5-7-9-23/h5-9,21-22,24-26,38-39H,10-17,19-20H2,1-4H3,(H,33,37)/t21?,22-,24?,25?,26-,30?/m0/s1. The highest BCUT2D eigenvalue weighted by molar-refractivity contribution is 6.43. The number of benzene rings is 1. The van der Waals surface area contributed by atoms with E-state index in [9.17, 15) is 24.9 Å². The van der Waals surface area contributed by atoms with Crippen molar-refractivity contribution in [3.8, 4) is 6.07 Å². The number of ether oxygens (including phenoxy) is 2. The average molecular weight is 569 g/mol. The lowest BCUT2D eigenvalue weighted by Crippen LogP contribution is -2.55. The monoisotopic (exact) mass is 568 g/mol. The molecule has 3 aliphatic rings. The molecule has 2 unspecified atom stereocenters. The first-order valence-corrected chi connectivity index (χ1v) is 14.9. The fourth-order valence-electron chi connectivity index (χ4n) is 7.12. The molecule has 4 atom stereocenters. The zero-order valence-electron chi connectivity index (χ0n) is 24.8. The predicted octanol–water partition coefficient (Wildman–Crippen LogP) is 2.52. The van der Waals surface area contributed by atoms with Gasteiger partial charge in [-0.25, -0.2) is 4.79 Å². The highest BCUT2D eigenvalue weighted by Gasteiger charge is 2.56. The summed E-state index contributed by atoms with van der Waals surface area (Å²) in [5, 5.41) is 32.4. The molecule has 2 bridgehead atoms. The molecule has 2 amide bonds. The van der Waals surface area contributed by atoms with Crippen LogP contribution in [0, 0.1) is 23.2 Å². The lowest BCUT2D eigenvalue weighted by molar-refractivity contribution is -0.141. The van der Waals surface area contributed by atoms with E-state index in [-0.39, 0.29) is 42.5 Å². The van der Waals surface area contributed by atoms with E-state index >= 15 is 0 Å². The van der Waals surface area contributed by atoms with Crippen LogP contribution in [-0.4, -0.2) is 94.4 Å². The van der Waals surface area contributed by atoms with E-state index in [2.05, 4.69) is 37.1 Å². The SMILES string of the molecule is CC(CC(C)(C)N1CCO[C@@H](C)C1)C(C#N)C(=O)N1C2CCC1(COC(=O)N[C@@H](Cc1ccccc1)B(O)O)CC2. The van der Waals surface area contributed by atoms with Crippen LogP contribution in [0.1, 0.15) is 65.4 Å². The number of nitriles is 1. The molecule has 0 aliphatic carbocycles. The normalized spacial score (nSPS) is 26.6. The summed E-state index contributed by atoms with van der Waals surface area (Å²) in [5.74, 6) is -2.07. The summed E-state index contributed by atoms with van der Waals surface area (Å²) in [6.07, 6.45) is 3.35. The first-order chi connectivity index (χ1) is 19.5. The number of nitrogens with zero attached hydrogens (tertiary/aromatic N) is 3. The van der Waals surface area contributed by atoms with E-state index in [1.165, 1.54) is 0 Å². The van der Waals surface area contributed by atoms with Gasteiger partial charge in [-0.3, -0.25) is 9.69 Å². The summed E-state index contributed by atoms with van der Waals surface area (Å²) in [6.45, 7) is 10.7. The Morgan fingerprint density at radius 2 is 1.95 bits per heavy atom. The van der Waals surface area contributed by atoms with Gasteiger partial charge >= 0.3 is 13.2 Å². The van der Waals surface area contributed by atoms with Crippen LogP contribution in [0.2, 0.25) is 0 Å². The molecule has 224 valence electrons. The highest BCUT2D eigenvalue weighted by atomic mass is 16.6. The van der Waals surface area contributed by atoms with E-state index < -0.39 is 30.6 Å². The van der Waals surface area contributed by atoms with E-state index in [1.807, 2.05) is 42.2 Å². The van der Waals surface area contributed by atoms with Gasteiger partial charge in [0, 0.05) is 24.7 Å². The highest BCUT2D eigenvalue weighted by Crippen LogP contribution is 2.48. The molecule has 1 aromatic carbocycles. The van der Waals surface area contributed by atoms with Crippen LogP contribution in [0.3, 0.4) is 0 Å². The number of hydrogen-bond acceptors (Lipinski definition) is 8. The summed E-state index contributed by atoms with van der Waals surface area (Å²) in [4.78, 5) is 30.9. The van der Waals surface area contributed by atoms with Gasteiger partial charge in [0.05, 0.1) is 30.3 Å². The second kappa shape index (κ2) is 13.1. The number of amides is 2. The zero-order chi connectivity index (χ0) is 29.8. The van der Waals surface area contributed by atoms with Gasteiger partial charge in [-0.15, -0.1) is 0 Å². The third kappa shape index (κ3) is 7.23. The van der Waals surface area contributed by atoms with E-state index in [0.717, 1.165) is 31.5 Å². The number of rotatable bonds is 11. The van der Waals surface area contributed by atoms with Gasteiger partial charge in [0.2, 0.25) is 5.91 Å². The number of nitrogens with one attached hydrogen (secondary N) is 1. The smallest absolute Gasteiger partial charge is 0.447 e. The number of carbonyl (C=O) groups is 2. The summed E-state index contributed by atoms with van der Waals surface area (Å²) < 4.78 is 11.3. The minimum atomic E-state index is -1.76. The number of morpholine rings is 1. The Labute approximate surface area is 244 Å².